The molecule has 0 unspecified atom stereocenters. The molecule has 0 bridgehead atoms. The van der Waals surface area contributed by atoms with Gasteiger partial charge in [-0.15, -0.1) is 0 Å². The van der Waals surface area contributed by atoms with Gasteiger partial charge in [0, 0.05) is 32.1 Å². The summed E-state index contributed by atoms with van der Waals surface area (Å²) >= 11 is 0. The van der Waals surface area contributed by atoms with Crippen molar-refractivity contribution in [1.29, 1.82) is 0 Å². The topological polar surface area (TPSA) is 50.5 Å². The predicted molar refractivity (Wildman–Crippen MR) is 78.1 cm³/mol. The number of hydrogen-bond donors (Lipinski definition) is 0. The molecule has 0 amide bonds. The van der Waals surface area contributed by atoms with Gasteiger partial charge in [0.05, 0.1) is 5.69 Å². The van der Waals surface area contributed by atoms with Crippen LogP contribution < -0.4 is 4.90 Å². The first-order chi connectivity index (χ1) is 9.70. The van der Waals surface area contributed by atoms with Gasteiger partial charge >= 0.3 is 0 Å². The van der Waals surface area contributed by atoms with Crippen LogP contribution in [0.4, 0.5) is 5.82 Å². The second-order valence-corrected chi connectivity index (χ2v) is 4.69. The number of aromatic nitrogens is 3. The number of imidazole rings is 1. The highest BCUT2D eigenvalue weighted by molar-refractivity contribution is 5.86. The Morgan fingerprint density at radius 2 is 2.05 bits per heavy atom. The summed E-state index contributed by atoms with van der Waals surface area (Å²) in [5.74, 6) is 0.871. The molecule has 0 spiro atoms. The summed E-state index contributed by atoms with van der Waals surface area (Å²) in [6.07, 6.45) is 4.44. The van der Waals surface area contributed by atoms with Crippen LogP contribution in [0.2, 0.25) is 0 Å². The zero-order valence-electron chi connectivity index (χ0n) is 11.3. The quantitative estimate of drug-likeness (QED) is 0.682. The van der Waals surface area contributed by atoms with Crippen molar-refractivity contribution in [2.24, 2.45) is 0 Å². The Hall–Kier alpha value is -2.69. The highest BCUT2D eigenvalue weighted by Gasteiger charge is 2.13. The molecular formula is C15H14N4O. The lowest BCUT2D eigenvalue weighted by atomic mass is 10.1. The Bertz CT molecular complexity index is 759. The van der Waals surface area contributed by atoms with Gasteiger partial charge in [0.15, 0.2) is 6.29 Å². The number of carbonyl (C=O) groups is 1. The van der Waals surface area contributed by atoms with Gasteiger partial charge in [-0.1, -0.05) is 6.07 Å². The third-order valence-electron chi connectivity index (χ3n) is 3.15. The van der Waals surface area contributed by atoms with E-state index < -0.39 is 0 Å². The number of carbonyl (C=O) groups excluding carboxylic acids is 1. The largest absolute Gasteiger partial charge is 0.363 e. The van der Waals surface area contributed by atoms with Crippen LogP contribution in [0.3, 0.4) is 0 Å². The molecule has 3 rings (SSSR count). The molecule has 0 aromatic carbocycles. The molecule has 0 saturated carbocycles. The summed E-state index contributed by atoms with van der Waals surface area (Å²) in [5.41, 5.74) is 2.82. The molecule has 0 aliphatic heterocycles. The number of rotatable bonds is 3. The normalized spacial score (nSPS) is 10.7. The van der Waals surface area contributed by atoms with Crippen LogP contribution in [-0.4, -0.2) is 34.8 Å². The van der Waals surface area contributed by atoms with E-state index in [1.807, 2.05) is 59.9 Å². The minimum atomic E-state index is 0.426. The molecule has 0 aliphatic carbocycles. The lowest BCUT2D eigenvalue weighted by Crippen LogP contribution is -2.10. The molecule has 5 nitrogen and oxygen atoms in total. The zero-order valence-corrected chi connectivity index (χ0v) is 11.3. The maximum atomic E-state index is 11.2. The molecular weight excluding hydrogens is 252 g/mol. The van der Waals surface area contributed by atoms with Gasteiger partial charge in [0.2, 0.25) is 0 Å². The van der Waals surface area contributed by atoms with Crippen molar-refractivity contribution >= 4 is 17.8 Å². The lowest BCUT2D eigenvalue weighted by Gasteiger charge is -2.11. The van der Waals surface area contributed by atoms with E-state index in [4.69, 9.17) is 0 Å². The van der Waals surface area contributed by atoms with Crippen molar-refractivity contribution in [3.63, 3.8) is 0 Å². The Kier molecular flexibility index (Phi) is 2.95. The number of hydrogen-bond acceptors (Lipinski definition) is 4. The van der Waals surface area contributed by atoms with Crippen molar-refractivity contribution in [2.45, 2.75) is 0 Å². The molecule has 0 fully saturated rings. The average molecular weight is 266 g/mol. The minimum absolute atomic E-state index is 0.426. The SMILES string of the molecule is CN(C)c1ccc(-c2c(C=O)nc3ccccn23)cn1. The van der Waals surface area contributed by atoms with Crippen molar-refractivity contribution < 1.29 is 4.79 Å². The first kappa shape index (κ1) is 12.3. The number of aldehydes is 1. The van der Waals surface area contributed by atoms with Gasteiger partial charge < -0.3 is 4.90 Å². The maximum Gasteiger partial charge on any atom is 0.170 e. The van der Waals surface area contributed by atoms with E-state index in [1.54, 1.807) is 6.20 Å². The van der Waals surface area contributed by atoms with Gasteiger partial charge in [-0.05, 0) is 24.3 Å². The Morgan fingerprint density at radius 1 is 1.20 bits per heavy atom. The fourth-order valence-corrected chi connectivity index (χ4v) is 2.17. The van der Waals surface area contributed by atoms with Crippen molar-refractivity contribution in [2.75, 3.05) is 19.0 Å². The molecule has 0 atom stereocenters. The molecule has 3 aromatic heterocycles. The minimum Gasteiger partial charge on any atom is -0.363 e. The predicted octanol–water partition coefficient (Wildman–Crippen LogP) is 2.27. The Morgan fingerprint density at radius 3 is 2.70 bits per heavy atom. The molecule has 100 valence electrons. The van der Waals surface area contributed by atoms with Crippen molar-refractivity contribution in [1.82, 2.24) is 14.4 Å². The van der Waals surface area contributed by atoms with Crippen LogP contribution in [0, 0.1) is 0 Å². The number of nitrogens with zero attached hydrogens (tertiary/aromatic N) is 4. The molecule has 0 aliphatic rings. The smallest absolute Gasteiger partial charge is 0.170 e. The third-order valence-corrected chi connectivity index (χ3v) is 3.15. The fourth-order valence-electron chi connectivity index (χ4n) is 2.17. The third kappa shape index (κ3) is 1.93. The first-order valence-corrected chi connectivity index (χ1v) is 6.26. The van der Waals surface area contributed by atoms with Crippen LogP contribution in [0.15, 0.2) is 42.7 Å². The number of anilines is 1. The van der Waals surface area contributed by atoms with Crippen LogP contribution >= 0.6 is 0 Å². The molecule has 0 radical (unpaired) electrons. The van der Waals surface area contributed by atoms with Crippen LogP contribution in [0.25, 0.3) is 16.9 Å². The molecule has 3 heterocycles. The van der Waals surface area contributed by atoms with E-state index in [2.05, 4.69) is 9.97 Å². The van der Waals surface area contributed by atoms with E-state index in [9.17, 15) is 4.79 Å². The van der Waals surface area contributed by atoms with Crippen LogP contribution in [-0.2, 0) is 0 Å². The second kappa shape index (κ2) is 4.77. The summed E-state index contributed by atoms with van der Waals surface area (Å²) in [7, 11) is 3.88. The molecule has 3 aromatic rings. The van der Waals surface area contributed by atoms with E-state index in [0.29, 0.717) is 5.69 Å². The Balaban J connectivity index is 2.20. The van der Waals surface area contributed by atoms with Gasteiger partial charge in [0.25, 0.3) is 0 Å². The molecule has 20 heavy (non-hydrogen) atoms. The maximum absolute atomic E-state index is 11.2. The standard InChI is InChI=1S/C15H14N4O/c1-18(2)13-7-6-11(9-16-13)15-12(10-20)17-14-5-3-4-8-19(14)15/h3-10H,1-2H3. The lowest BCUT2D eigenvalue weighted by molar-refractivity contribution is 0.112. The van der Waals surface area contributed by atoms with Crippen LogP contribution in [0.1, 0.15) is 10.5 Å². The van der Waals surface area contributed by atoms with E-state index in [-0.39, 0.29) is 0 Å². The van der Waals surface area contributed by atoms with Gasteiger partial charge in [-0.3, -0.25) is 9.20 Å². The van der Waals surface area contributed by atoms with E-state index in [1.165, 1.54) is 0 Å². The van der Waals surface area contributed by atoms with E-state index >= 15 is 0 Å². The van der Waals surface area contributed by atoms with Crippen molar-refractivity contribution in [3.05, 3.63) is 48.4 Å². The van der Waals surface area contributed by atoms with Crippen LogP contribution in [0.5, 0.6) is 0 Å². The molecule has 5 heteroatoms. The van der Waals surface area contributed by atoms with Gasteiger partial charge in [-0.25, -0.2) is 9.97 Å². The van der Waals surface area contributed by atoms with Crippen molar-refractivity contribution in [3.8, 4) is 11.3 Å². The first-order valence-electron chi connectivity index (χ1n) is 6.26. The zero-order chi connectivity index (χ0) is 14.1. The average Bonchev–Trinajstić information content (AvgIpc) is 2.85. The summed E-state index contributed by atoms with van der Waals surface area (Å²) in [4.78, 5) is 21.9. The fraction of sp³-hybridized carbons (Fsp3) is 0.133. The highest BCUT2D eigenvalue weighted by atomic mass is 16.1. The second-order valence-electron chi connectivity index (χ2n) is 4.69. The summed E-state index contributed by atoms with van der Waals surface area (Å²) in [6, 6.07) is 9.55. The molecule has 0 N–H and O–H groups in total. The Labute approximate surface area is 116 Å². The van der Waals surface area contributed by atoms with E-state index in [0.717, 1.165) is 29.0 Å². The van der Waals surface area contributed by atoms with Gasteiger partial charge in [0.1, 0.15) is 17.2 Å². The molecule has 0 saturated heterocycles. The highest BCUT2D eigenvalue weighted by Crippen LogP contribution is 2.24. The van der Waals surface area contributed by atoms with Gasteiger partial charge in [-0.2, -0.15) is 0 Å². The summed E-state index contributed by atoms with van der Waals surface area (Å²) in [6.45, 7) is 0. The summed E-state index contributed by atoms with van der Waals surface area (Å²) < 4.78 is 1.90. The summed E-state index contributed by atoms with van der Waals surface area (Å²) in [5, 5.41) is 0. The number of fused-ring (bicyclic) bond motifs is 1. The number of pyridine rings is 2. The monoisotopic (exact) mass is 266 g/mol.